The van der Waals surface area contributed by atoms with Crippen molar-refractivity contribution < 1.29 is 9.72 Å². The Bertz CT molecular complexity index is 1310. The third kappa shape index (κ3) is 5.78. The molecule has 1 amide bonds. The maximum Gasteiger partial charge on any atom is 0.270 e. The zero-order valence-corrected chi connectivity index (χ0v) is 20.2. The van der Waals surface area contributed by atoms with Crippen LogP contribution >= 0.6 is 11.8 Å². The molecule has 0 aliphatic rings. The average molecular weight is 487 g/mol. The van der Waals surface area contributed by atoms with Gasteiger partial charge in [-0.15, -0.1) is 0 Å². The summed E-state index contributed by atoms with van der Waals surface area (Å²) in [4.78, 5) is 27.8. The van der Waals surface area contributed by atoms with Crippen molar-refractivity contribution in [3.05, 3.63) is 101 Å². The third-order valence-corrected chi connectivity index (χ3v) is 6.56. The first-order valence-corrected chi connectivity index (χ1v) is 12.4. The van der Waals surface area contributed by atoms with Crippen LogP contribution in [0.5, 0.6) is 0 Å². The molecule has 178 valence electrons. The van der Waals surface area contributed by atoms with Gasteiger partial charge in [0.25, 0.3) is 11.6 Å². The van der Waals surface area contributed by atoms with E-state index in [-0.39, 0.29) is 17.2 Å². The molecule has 1 aromatic heterocycles. The van der Waals surface area contributed by atoms with Gasteiger partial charge < -0.3 is 9.88 Å². The number of nitrogens with zero attached hydrogens (tertiary/aromatic N) is 3. The van der Waals surface area contributed by atoms with Crippen LogP contribution in [0.2, 0.25) is 0 Å². The Morgan fingerprint density at radius 2 is 1.69 bits per heavy atom. The second-order valence-electron chi connectivity index (χ2n) is 7.83. The first kappa shape index (κ1) is 24.2. The van der Waals surface area contributed by atoms with E-state index in [9.17, 15) is 14.9 Å². The Labute approximate surface area is 208 Å². The number of nitro benzene ring substituents is 1. The number of benzene rings is 3. The van der Waals surface area contributed by atoms with Gasteiger partial charge in [0.05, 0.1) is 16.3 Å². The maximum atomic E-state index is 12.4. The number of carbonyl (C=O) groups excluding carboxylic acids is 1. The Balaban J connectivity index is 1.44. The summed E-state index contributed by atoms with van der Waals surface area (Å²) in [7, 11) is 0. The van der Waals surface area contributed by atoms with Gasteiger partial charge in [-0.05, 0) is 19.4 Å². The molecule has 1 heterocycles. The first-order valence-electron chi connectivity index (χ1n) is 11.4. The molecular weight excluding hydrogens is 460 g/mol. The molecule has 3 aromatic carbocycles. The summed E-state index contributed by atoms with van der Waals surface area (Å²) in [6.45, 7) is 3.38. The predicted molar refractivity (Wildman–Crippen MR) is 140 cm³/mol. The lowest BCUT2D eigenvalue weighted by Gasteiger charge is -2.11. The minimum absolute atomic E-state index is 0.0944. The van der Waals surface area contributed by atoms with Crippen LogP contribution in [0, 0.1) is 10.1 Å². The Kier molecular flexibility index (Phi) is 7.95. The van der Waals surface area contributed by atoms with Crippen molar-refractivity contribution in [2.45, 2.75) is 25.0 Å². The van der Waals surface area contributed by atoms with Gasteiger partial charge in [0.2, 0.25) is 0 Å². The smallest absolute Gasteiger partial charge is 0.270 e. The van der Waals surface area contributed by atoms with Crippen LogP contribution in [-0.2, 0) is 6.54 Å². The van der Waals surface area contributed by atoms with Crippen LogP contribution in [-0.4, -0.2) is 32.7 Å². The summed E-state index contributed by atoms with van der Waals surface area (Å²) in [6, 6.07) is 26.2. The molecule has 0 saturated heterocycles. The van der Waals surface area contributed by atoms with Gasteiger partial charge in [0.15, 0.2) is 5.16 Å². The largest absolute Gasteiger partial charge is 0.352 e. The number of thioether (sulfide) groups is 1. The molecule has 0 saturated carbocycles. The predicted octanol–water partition coefficient (Wildman–Crippen LogP) is 6.06. The minimum atomic E-state index is -0.503. The van der Waals surface area contributed by atoms with Gasteiger partial charge in [-0.2, -0.15) is 0 Å². The zero-order chi connectivity index (χ0) is 24.6. The van der Waals surface area contributed by atoms with E-state index in [0.717, 1.165) is 46.4 Å². The normalized spacial score (nSPS) is 10.8. The van der Waals surface area contributed by atoms with Crippen LogP contribution in [0.4, 0.5) is 5.69 Å². The second-order valence-corrected chi connectivity index (χ2v) is 8.90. The molecule has 35 heavy (non-hydrogen) atoms. The highest BCUT2D eigenvalue weighted by Crippen LogP contribution is 2.36. The van der Waals surface area contributed by atoms with E-state index in [1.165, 1.54) is 18.2 Å². The Morgan fingerprint density at radius 3 is 2.34 bits per heavy atom. The molecule has 1 N–H and O–H groups in total. The number of hydrogen-bond acceptors (Lipinski definition) is 5. The molecule has 4 aromatic rings. The summed E-state index contributed by atoms with van der Waals surface area (Å²) < 4.78 is 2.24. The van der Waals surface area contributed by atoms with Crippen molar-refractivity contribution in [1.29, 1.82) is 0 Å². The summed E-state index contributed by atoms with van der Waals surface area (Å²) in [5.74, 6) is 0.459. The summed E-state index contributed by atoms with van der Waals surface area (Å²) >= 11 is 1.66. The molecule has 0 aliphatic carbocycles. The average Bonchev–Trinajstić information content (AvgIpc) is 3.28. The number of amides is 1. The van der Waals surface area contributed by atoms with Gasteiger partial charge in [0.1, 0.15) is 0 Å². The van der Waals surface area contributed by atoms with Gasteiger partial charge in [-0.25, -0.2) is 4.98 Å². The Morgan fingerprint density at radius 1 is 1.00 bits per heavy atom. The lowest BCUT2D eigenvalue weighted by molar-refractivity contribution is -0.384. The van der Waals surface area contributed by atoms with E-state index in [4.69, 9.17) is 4.98 Å². The molecular formula is C27H26N4O3S. The van der Waals surface area contributed by atoms with Gasteiger partial charge in [0, 0.05) is 47.7 Å². The van der Waals surface area contributed by atoms with Crippen molar-refractivity contribution in [1.82, 2.24) is 14.9 Å². The zero-order valence-electron chi connectivity index (χ0n) is 19.4. The van der Waals surface area contributed by atoms with Crippen LogP contribution in [0.25, 0.3) is 22.5 Å². The second kappa shape index (κ2) is 11.5. The summed E-state index contributed by atoms with van der Waals surface area (Å²) in [5.41, 5.74) is 4.44. The van der Waals surface area contributed by atoms with Crippen molar-refractivity contribution in [3.63, 3.8) is 0 Å². The van der Waals surface area contributed by atoms with E-state index in [1.807, 2.05) is 36.4 Å². The number of non-ortho nitro benzene ring substituents is 1. The maximum absolute atomic E-state index is 12.4. The first-order chi connectivity index (χ1) is 17.1. The molecule has 8 heteroatoms. The van der Waals surface area contributed by atoms with E-state index < -0.39 is 4.92 Å². The lowest BCUT2D eigenvalue weighted by atomic mass is 10.0. The molecule has 0 unspecified atom stereocenters. The van der Waals surface area contributed by atoms with Crippen LogP contribution in [0.1, 0.15) is 23.7 Å². The molecule has 7 nitrogen and oxygen atoms in total. The topological polar surface area (TPSA) is 90.1 Å². The van der Waals surface area contributed by atoms with Crippen LogP contribution in [0.15, 0.2) is 90.1 Å². The highest BCUT2D eigenvalue weighted by molar-refractivity contribution is 7.99. The van der Waals surface area contributed by atoms with Crippen molar-refractivity contribution in [3.8, 4) is 22.5 Å². The lowest BCUT2D eigenvalue weighted by Crippen LogP contribution is -2.24. The number of imidazole rings is 1. The number of hydrogen-bond donors (Lipinski definition) is 1. The number of nitro groups is 1. The van der Waals surface area contributed by atoms with E-state index >= 15 is 0 Å². The fraction of sp³-hybridized carbons (Fsp3) is 0.185. The van der Waals surface area contributed by atoms with E-state index in [0.29, 0.717) is 6.54 Å². The molecule has 0 spiro atoms. The number of rotatable bonds is 10. The van der Waals surface area contributed by atoms with Crippen molar-refractivity contribution in [2.75, 3.05) is 12.3 Å². The molecule has 0 atom stereocenters. The highest BCUT2D eigenvalue weighted by atomic mass is 32.2. The highest BCUT2D eigenvalue weighted by Gasteiger charge is 2.19. The molecule has 0 fully saturated rings. The molecule has 0 radical (unpaired) electrons. The van der Waals surface area contributed by atoms with Crippen molar-refractivity contribution >= 4 is 23.4 Å². The fourth-order valence-corrected chi connectivity index (χ4v) is 4.83. The SMILES string of the molecule is CCn1c(SCCCNC(=O)c2cccc([N+](=O)[O-])c2)nc(-c2ccccc2)c1-c1ccccc1. The number of nitrogens with one attached hydrogen (secondary N) is 1. The van der Waals surface area contributed by atoms with Crippen molar-refractivity contribution in [2.24, 2.45) is 0 Å². The van der Waals surface area contributed by atoms with Crippen LogP contribution in [0.3, 0.4) is 0 Å². The number of aromatic nitrogens is 2. The van der Waals surface area contributed by atoms with Gasteiger partial charge >= 0.3 is 0 Å². The summed E-state index contributed by atoms with van der Waals surface area (Å²) in [5, 5.41) is 14.7. The van der Waals surface area contributed by atoms with Gasteiger partial charge in [-0.1, -0.05) is 78.5 Å². The Hall–Kier alpha value is -3.91. The van der Waals surface area contributed by atoms with Crippen LogP contribution < -0.4 is 5.32 Å². The monoisotopic (exact) mass is 486 g/mol. The standard InChI is InChI=1S/C27H26N4O3S/c1-2-30-25(21-13-7-4-8-14-21)24(20-11-5-3-6-12-20)29-27(30)35-18-10-17-28-26(32)22-15-9-16-23(19-22)31(33)34/h3-9,11-16,19H,2,10,17-18H2,1H3,(H,28,32). The quantitative estimate of drug-likeness (QED) is 0.127. The molecule has 4 rings (SSSR count). The molecule has 0 bridgehead atoms. The minimum Gasteiger partial charge on any atom is -0.352 e. The fourth-order valence-electron chi connectivity index (χ4n) is 3.82. The third-order valence-electron chi connectivity index (χ3n) is 5.50. The summed E-state index contributed by atoms with van der Waals surface area (Å²) in [6.07, 6.45) is 0.739. The van der Waals surface area contributed by atoms with E-state index in [2.05, 4.69) is 41.1 Å². The van der Waals surface area contributed by atoms with Gasteiger partial charge in [-0.3, -0.25) is 14.9 Å². The number of carbonyl (C=O) groups is 1. The van der Waals surface area contributed by atoms with E-state index in [1.54, 1.807) is 17.8 Å². The molecule has 0 aliphatic heterocycles.